The minimum absolute atomic E-state index is 0.258. The zero-order chi connectivity index (χ0) is 14.8. The van der Waals surface area contributed by atoms with Crippen molar-refractivity contribution in [3.05, 3.63) is 47.7 Å². The molecule has 0 bridgehead atoms. The van der Waals surface area contributed by atoms with Crippen LogP contribution in [0.5, 0.6) is 0 Å². The van der Waals surface area contributed by atoms with Crippen molar-refractivity contribution >= 4 is 22.7 Å². The lowest BCUT2D eigenvalue weighted by atomic mass is 10.1. The number of benzene rings is 1. The highest BCUT2D eigenvalue weighted by atomic mass is 32.2. The second-order valence-corrected chi connectivity index (χ2v) is 5.53. The van der Waals surface area contributed by atoms with E-state index in [0.29, 0.717) is 12.3 Å². The smallest absolute Gasteiger partial charge is 0.191 e. The predicted octanol–water partition coefficient (Wildman–Crippen LogP) is 2.25. The maximum atomic E-state index is 13.7. The van der Waals surface area contributed by atoms with E-state index >= 15 is 0 Å². The van der Waals surface area contributed by atoms with Crippen molar-refractivity contribution in [2.24, 2.45) is 12.8 Å². The summed E-state index contributed by atoms with van der Waals surface area (Å²) in [4.78, 5) is 4.34. The molecule has 0 fully saturated rings. The number of rotatable bonds is 4. The first kappa shape index (κ1) is 14.0. The Hall–Kier alpha value is -1.99. The SMILES string of the molecule is Cn1c(CN)nnc1SCc1cc(F)cc2cccnc12. The number of thioether (sulfide) groups is 1. The van der Waals surface area contributed by atoms with Crippen LogP contribution in [0.25, 0.3) is 10.9 Å². The highest BCUT2D eigenvalue weighted by Gasteiger charge is 2.10. The number of pyridine rings is 1. The largest absolute Gasteiger partial charge is 0.324 e. The Balaban J connectivity index is 1.89. The average molecular weight is 303 g/mol. The van der Waals surface area contributed by atoms with Gasteiger partial charge in [-0.1, -0.05) is 17.8 Å². The Morgan fingerprint density at radius 1 is 1.33 bits per heavy atom. The van der Waals surface area contributed by atoms with Crippen molar-refractivity contribution in [2.75, 3.05) is 0 Å². The van der Waals surface area contributed by atoms with Gasteiger partial charge < -0.3 is 10.3 Å². The summed E-state index contributed by atoms with van der Waals surface area (Å²) < 4.78 is 15.5. The summed E-state index contributed by atoms with van der Waals surface area (Å²) in [6.45, 7) is 0.342. The van der Waals surface area contributed by atoms with E-state index in [1.54, 1.807) is 12.3 Å². The van der Waals surface area contributed by atoms with Crippen molar-refractivity contribution < 1.29 is 4.39 Å². The van der Waals surface area contributed by atoms with Gasteiger partial charge in [0.2, 0.25) is 0 Å². The first-order valence-electron chi connectivity index (χ1n) is 6.43. The molecular formula is C14H14FN5S. The molecule has 0 aliphatic rings. The molecule has 2 aromatic heterocycles. The fraction of sp³-hybridized carbons (Fsp3) is 0.214. The summed E-state index contributed by atoms with van der Waals surface area (Å²) >= 11 is 1.49. The molecule has 3 aromatic rings. The van der Waals surface area contributed by atoms with E-state index in [0.717, 1.165) is 27.4 Å². The highest BCUT2D eigenvalue weighted by molar-refractivity contribution is 7.98. The van der Waals surface area contributed by atoms with E-state index in [1.807, 2.05) is 17.7 Å². The van der Waals surface area contributed by atoms with Crippen molar-refractivity contribution in [3.8, 4) is 0 Å². The van der Waals surface area contributed by atoms with Crippen LogP contribution in [-0.2, 0) is 19.3 Å². The first-order valence-corrected chi connectivity index (χ1v) is 7.42. The summed E-state index contributed by atoms with van der Waals surface area (Å²) in [6.07, 6.45) is 1.71. The summed E-state index contributed by atoms with van der Waals surface area (Å²) in [5.41, 5.74) is 7.23. The van der Waals surface area contributed by atoms with Crippen LogP contribution < -0.4 is 5.73 Å². The van der Waals surface area contributed by atoms with Crippen molar-refractivity contribution in [1.82, 2.24) is 19.7 Å². The number of halogens is 1. The fourth-order valence-electron chi connectivity index (χ4n) is 2.13. The maximum Gasteiger partial charge on any atom is 0.191 e. The quantitative estimate of drug-likeness (QED) is 0.749. The standard InChI is InChI=1S/C14H14FN5S/c1-20-12(7-16)18-19-14(20)21-8-10-6-11(15)5-9-3-2-4-17-13(9)10/h2-6H,7-8,16H2,1H3. The molecule has 0 aliphatic carbocycles. The molecule has 0 unspecified atom stereocenters. The summed E-state index contributed by atoms with van der Waals surface area (Å²) in [7, 11) is 1.87. The molecule has 2 N–H and O–H groups in total. The Labute approximate surface area is 125 Å². The Bertz CT molecular complexity index is 786. The van der Waals surface area contributed by atoms with Gasteiger partial charge in [0.1, 0.15) is 11.6 Å². The molecular weight excluding hydrogens is 289 g/mol. The Morgan fingerprint density at radius 2 is 2.19 bits per heavy atom. The zero-order valence-corrected chi connectivity index (χ0v) is 12.3. The van der Waals surface area contributed by atoms with E-state index < -0.39 is 0 Å². The summed E-state index contributed by atoms with van der Waals surface area (Å²) in [5.74, 6) is 1.04. The van der Waals surface area contributed by atoms with Crippen LogP contribution in [-0.4, -0.2) is 19.7 Å². The average Bonchev–Trinajstić information content (AvgIpc) is 2.85. The second kappa shape index (κ2) is 5.79. The molecule has 0 amide bonds. The van der Waals surface area contributed by atoms with Gasteiger partial charge in [-0.3, -0.25) is 4.98 Å². The minimum atomic E-state index is -0.258. The third-order valence-electron chi connectivity index (χ3n) is 3.21. The molecule has 7 heteroatoms. The van der Waals surface area contributed by atoms with E-state index in [4.69, 9.17) is 5.73 Å². The molecule has 3 rings (SSSR count). The van der Waals surface area contributed by atoms with Crippen LogP contribution in [0.15, 0.2) is 35.6 Å². The van der Waals surface area contributed by atoms with E-state index in [-0.39, 0.29) is 5.82 Å². The molecule has 21 heavy (non-hydrogen) atoms. The zero-order valence-electron chi connectivity index (χ0n) is 11.5. The van der Waals surface area contributed by atoms with Gasteiger partial charge in [0.25, 0.3) is 0 Å². The number of nitrogens with two attached hydrogens (primary N) is 1. The van der Waals surface area contributed by atoms with Gasteiger partial charge >= 0.3 is 0 Å². The van der Waals surface area contributed by atoms with Gasteiger partial charge in [0, 0.05) is 24.4 Å². The van der Waals surface area contributed by atoms with Gasteiger partial charge in [-0.05, 0) is 23.8 Å². The molecule has 0 radical (unpaired) electrons. The monoisotopic (exact) mass is 303 g/mol. The third kappa shape index (κ3) is 2.74. The van der Waals surface area contributed by atoms with Gasteiger partial charge in [0.05, 0.1) is 12.1 Å². The van der Waals surface area contributed by atoms with Gasteiger partial charge in [-0.2, -0.15) is 0 Å². The third-order valence-corrected chi connectivity index (χ3v) is 4.28. The lowest BCUT2D eigenvalue weighted by Crippen LogP contribution is -2.05. The number of hydrogen-bond donors (Lipinski definition) is 1. The molecule has 108 valence electrons. The van der Waals surface area contributed by atoms with Gasteiger partial charge in [-0.15, -0.1) is 10.2 Å². The first-order chi connectivity index (χ1) is 10.2. The second-order valence-electron chi connectivity index (χ2n) is 4.59. The van der Waals surface area contributed by atoms with E-state index in [9.17, 15) is 4.39 Å². The van der Waals surface area contributed by atoms with Crippen LogP contribution in [0, 0.1) is 5.82 Å². The van der Waals surface area contributed by atoms with Crippen molar-refractivity contribution in [3.63, 3.8) is 0 Å². The number of hydrogen-bond acceptors (Lipinski definition) is 5. The van der Waals surface area contributed by atoms with Gasteiger partial charge in [0.15, 0.2) is 5.16 Å². The molecule has 0 aliphatic heterocycles. The number of nitrogens with zero attached hydrogens (tertiary/aromatic N) is 4. The van der Waals surface area contributed by atoms with Crippen LogP contribution in [0.1, 0.15) is 11.4 Å². The maximum absolute atomic E-state index is 13.7. The van der Waals surface area contributed by atoms with E-state index in [1.165, 1.54) is 23.9 Å². The number of aromatic nitrogens is 4. The molecule has 0 spiro atoms. The topological polar surface area (TPSA) is 69.6 Å². The number of fused-ring (bicyclic) bond motifs is 1. The van der Waals surface area contributed by atoms with Crippen LogP contribution in [0.4, 0.5) is 4.39 Å². The van der Waals surface area contributed by atoms with Crippen LogP contribution in [0.3, 0.4) is 0 Å². The molecule has 2 heterocycles. The molecule has 0 atom stereocenters. The molecule has 1 aromatic carbocycles. The molecule has 0 saturated carbocycles. The lowest BCUT2D eigenvalue weighted by Gasteiger charge is -2.06. The summed E-state index contributed by atoms with van der Waals surface area (Å²) in [5, 5.41) is 9.64. The molecule has 5 nitrogen and oxygen atoms in total. The van der Waals surface area contributed by atoms with Crippen LogP contribution >= 0.6 is 11.8 Å². The van der Waals surface area contributed by atoms with Crippen molar-refractivity contribution in [2.45, 2.75) is 17.5 Å². The Morgan fingerprint density at radius 3 is 2.95 bits per heavy atom. The lowest BCUT2D eigenvalue weighted by molar-refractivity contribution is 0.628. The van der Waals surface area contributed by atoms with E-state index in [2.05, 4.69) is 15.2 Å². The highest BCUT2D eigenvalue weighted by Crippen LogP contribution is 2.26. The van der Waals surface area contributed by atoms with Gasteiger partial charge in [-0.25, -0.2) is 4.39 Å². The Kier molecular flexibility index (Phi) is 3.85. The van der Waals surface area contributed by atoms with Crippen LogP contribution in [0.2, 0.25) is 0 Å². The summed E-state index contributed by atoms with van der Waals surface area (Å²) in [6, 6.07) is 6.66. The van der Waals surface area contributed by atoms with Crippen molar-refractivity contribution in [1.29, 1.82) is 0 Å². The minimum Gasteiger partial charge on any atom is -0.324 e. The normalized spacial score (nSPS) is 11.2. The fourth-order valence-corrected chi connectivity index (χ4v) is 3.03. The predicted molar refractivity (Wildman–Crippen MR) is 80.2 cm³/mol. The molecule has 0 saturated heterocycles.